The van der Waals surface area contributed by atoms with Crippen molar-refractivity contribution < 1.29 is 9.90 Å². The minimum atomic E-state index is -0.932. The van der Waals surface area contributed by atoms with Gasteiger partial charge < -0.3 is 5.11 Å². The number of rotatable bonds is 11. The van der Waals surface area contributed by atoms with Crippen LogP contribution in [-0.4, -0.2) is 11.1 Å². The third-order valence-corrected chi connectivity index (χ3v) is 2.63. The van der Waals surface area contributed by atoms with Gasteiger partial charge in [0.2, 0.25) is 0 Å². The fourth-order valence-electron chi connectivity index (χ4n) is 1.56. The summed E-state index contributed by atoms with van der Waals surface area (Å²) >= 11 is 0. The van der Waals surface area contributed by atoms with E-state index in [0.717, 1.165) is 12.5 Å². The number of unbranched alkanes of at least 4 members (excludes halogenated alkanes) is 5. The molecular weight excluding hydrogens is 248 g/mol. The highest BCUT2D eigenvalue weighted by atomic mass is 16.4. The zero-order valence-electron chi connectivity index (χ0n) is 12.4. The molecule has 0 aromatic rings. The van der Waals surface area contributed by atoms with Crippen LogP contribution in [0.3, 0.4) is 0 Å². The molecule has 0 radical (unpaired) electrons. The molecule has 0 fully saturated rings. The highest BCUT2D eigenvalue weighted by Crippen LogP contribution is 2.05. The number of allylic oxidation sites excluding steroid dienone is 9. The summed E-state index contributed by atoms with van der Waals surface area (Å²) in [6.07, 6.45) is 25.8. The number of aliphatic carboxylic acids is 1. The maximum absolute atomic E-state index is 10.2. The van der Waals surface area contributed by atoms with E-state index in [1.807, 2.05) is 24.3 Å². The Bertz CT molecular complexity index is 371. The summed E-state index contributed by atoms with van der Waals surface area (Å²) < 4.78 is 0. The first kappa shape index (κ1) is 18.2. The van der Waals surface area contributed by atoms with Crippen molar-refractivity contribution in [1.29, 1.82) is 0 Å². The summed E-state index contributed by atoms with van der Waals surface area (Å²) in [5.41, 5.74) is 0. The summed E-state index contributed by atoms with van der Waals surface area (Å²) in [5.74, 6) is -0.932. The molecule has 20 heavy (non-hydrogen) atoms. The third-order valence-electron chi connectivity index (χ3n) is 2.63. The SMILES string of the molecule is CCCCCCC/C=C/C=C\C=C/C=C/C=C\C(=O)O. The molecule has 0 bridgehead atoms. The molecule has 0 aliphatic rings. The average molecular weight is 274 g/mol. The van der Waals surface area contributed by atoms with Gasteiger partial charge in [0.1, 0.15) is 0 Å². The average Bonchev–Trinajstić information content (AvgIpc) is 2.43. The van der Waals surface area contributed by atoms with Crippen LogP contribution in [0, 0.1) is 0 Å². The molecule has 1 N–H and O–H groups in total. The van der Waals surface area contributed by atoms with E-state index in [1.54, 1.807) is 12.2 Å². The summed E-state index contributed by atoms with van der Waals surface area (Å²) in [6, 6.07) is 0. The number of carboxylic acid groups (broad SMARTS) is 1. The van der Waals surface area contributed by atoms with Crippen molar-refractivity contribution in [2.45, 2.75) is 45.4 Å². The molecule has 0 saturated heterocycles. The normalized spacial score (nSPS) is 12.8. The van der Waals surface area contributed by atoms with E-state index in [2.05, 4.69) is 19.1 Å². The van der Waals surface area contributed by atoms with Crippen molar-refractivity contribution >= 4 is 5.97 Å². The van der Waals surface area contributed by atoms with Gasteiger partial charge in [-0.3, -0.25) is 0 Å². The van der Waals surface area contributed by atoms with E-state index >= 15 is 0 Å². The maximum atomic E-state index is 10.2. The lowest BCUT2D eigenvalue weighted by Crippen LogP contribution is -1.84. The van der Waals surface area contributed by atoms with Crippen molar-refractivity contribution in [3.63, 3.8) is 0 Å². The van der Waals surface area contributed by atoms with Crippen LogP contribution in [-0.2, 0) is 4.79 Å². The molecule has 0 aromatic heterocycles. The van der Waals surface area contributed by atoms with E-state index in [0.29, 0.717) is 0 Å². The van der Waals surface area contributed by atoms with Gasteiger partial charge in [-0.1, -0.05) is 87.3 Å². The Morgan fingerprint density at radius 3 is 1.95 bits per heavy atom. The van der Waals surface area contributed by atoms with Gasteiger partial charge in [0.15, 0.2) is 0 Å². The molecule has 0 spiro atoms. The van der Waals surface area contributed by atoms with Gasteiger partial charge in [0, 0.05) is 6.08 Å². The quantitative estimate of drug-likeness (QED) is 0.319. The second-order valence-corrected chi connectivity index (χ2v) is 4.48. The van der Waals surface area contributed by atoms with Crippen LogP contribution in [0.2, 0.25) is 0 Å². The second kappa shape index (κ2) is 15.2. The Hall–Kier alpha value is -1.83. The summed E-state index contributed by atoms with van der Waals surface area (Å²) in [6.45, 7) is 2.23. The molecule has 2 nitrogen and oxygen atoms in total. The molecule has 0 saturated carbocycles. The van der Waals surface area contributed by atoms with E-state index in [4.69, 9.17) is 5.11 Å². The number of hydrogen-bond acceptors (Lipinski definition) is 1. The van der Waals surface area contributed by atoms with Crippen LogP contribution in [0.25, 0.3) is 0 Å². The summed E-state index contributed by atoms with van der Waals surface area (Å²) in [4.78, 5) is 10.2. The van der Waals surface area contributed by atoms with E-state index in [1.165, 1.54) is 38.2 Å². The third kappa shape index (κ3) is 16.2. The lowest BCUT2D eigenvalue weighted by Gasteiger charge is -1.95. The van der Waals surface area contributed by atoms with Crippen LogP contribution >= 0.6 is 0 Å². The zero-order chi connectivity index (χ0) is 14.9. The predicted molar refractivity (Wildman–Crippen MR) is 86.7 cm³/mol. The van der Waals surface area contributed by atoms with Crippen molar-refractivity contribution in [2.75, 3.05) is 0 Å². The van der Waals surface area contributed by atoms with Crippen LogP contribution in [0.1, 0.15) is 45.4 Å². The molecule has 110 valence electrons. The molecule has 0 amide bonds. The Morgan fingerprint density at radius 2 is 1.35 bits per heavy atom. The first-order chi connectivity index (χ1) is 9.77. The van der Waals surface area contributed by atoms with Crippen molar-refractivity contribution in [3.05, 3.63) is 60.8 Å². The molecule has 0 rings (SSSR count). The van der Waals surface area contributed by atoms with Crippen molar-refractivity contribution in [2.24, 2.45) is 0 Å². The Balaban J connectivity index is 3.57. The van der Waals surface area contributed by atoms with Gasteiger partial charge in [-0.2, -0.15) is 0 Å². The van der Waals surface area contributed by atoms with Crippen molar-refractivity contribution in [1.82, 2.24) is 0 Å². The largest absolute Gasteiger partial charge is 0.478 e. The van der Waals surface area contributed by atoms with Crippen LogP contribution in [0.4, 0.5) is 0 Å². The molecule has 0 unspecified atom stereocenters. The Labute approximate surface area is 122 Å². The van der Waals surface area contributed by atoms with Crippen LogP contribution in [0.15, 0.2) is 60.8 Å². The smallest absolute Gasteiger partial charge is 0.328 e. The van der Waals surface area contributed by atoms with Crippen LogP contribution < -0.4 is 0 Å². The lowest BCUT2D eigenvalue weighted by atomic mass is 10.1. The summed E-state index contributed by atoms with van der Waals surface area (Å²) in [7, 11) is 0. The molecule has 0 aliphatic heterocycles. The number of carboxylic acids is 1. The first-order valence-corrected chi connectivity index (χ1v) is 7.33. The van der Waals surface area contributed by atoms with Gasteiger partial charge in [0.05, 0.1) is 0 Å². The highest BCUT2D eigenvalue weighted by Gasteiger charge is 1.85. The van der Waals surface area contributed by atoms with E-state index in [-0.39, 0.29) is 0 Å². The van der Waals surface area contributed by atoms with Crippen molar-refractivity contribution in [3.8, 4) is 0 Å². The highest BCUT2D eigenvalue weighted by molar-refractivity contribution is 5.80. The monoisotopic (exact) mass is 274 g/mol. The molecular formula is C18H26O2. The fourth-order valence-corrected chi connectivity index (χ4v) is 1.56. The predicted octanol–water partition coefficient (Wildman–Crippen LogP) is 5.21. The number of hydrogen-bond donors (Lipinski definition) is 1. The molecule has 2 heteroatoms. The van der Waals surface area contributed by atoms with Gasteiger partial charge in [-0.05, 0) is 12.8 Å². The second-order valence-electron chi connectivity index (χ2n) is 4.48. The van der Waals surface area contributed by atoms with Gasteiger partial charge in [0.25, 0.3) is 0 Å². The molecule has 0 aliphatic carbocycles. The van der Waals surface area contributed by atoms with Crippen LogP contribution in [0.5, 0.6) is 0 Å². The van der Waals surface area contributed by atoms with Gasteiger partial charge in [-0.25, -0.2) is 4.79 Å². The topological polar surface area (TPSA) is 37.3 Å². The standard InChI is InChI=1S/C18H26O2/c1-2-3-4-5-6-7-8-9-10-11-12-13-14-15-16-17-18(19)20/h8-17H,2-7H2,1H3,(H,19,20)/b9-8+,11-10-,13-12-,15-14+,17-16-. The molecule has 0 heterocycles. The van der Waals surface area contributed by atoms with E-state index in [9.17, 15) is 4.79 Å². The number of carbonyl (C=O) groups is 1. The minimum absolute atomic E-state index is 0.932. The first-order valence-electron chi connectivity index (χ1n) is 7.33. The molecule has 0 aromatic carbocycles. The molecule has 0 atom stereocenters. The lowest BCUT2D eigenvalue weighted by molar-refractivity contribution is -0.131. The Morgan fingerprint density at radius 1 is 0.800 bits per heavy atom. The Kier molecular flexibility index (Phi) is 13.8. The summed E-state index contributed by atoms with van der Waals surface area (Å²) in [5, 5.41) is 8.36. The van der Waals surface area contributed by atoms with E-state index < -0.39 is 5.97 Å². The fraction of sp³-hybridized carbons (Fsp3) is 0.389. The maximum Gasteiger partial charge on any atom is 0.328 e. The van der Waals surface area contributed by atoms with Gasteiger partial charge in [-0.15, -0.1) is 0 Å². The minimum Gasteiger partial charge on any atom is -0.478 e. The van der Waals surface area contributed by atoms with Gasteiger partial charge >= 0.3 is 5.97 Å². The zero-order valence-corrected chi connectivity index (χ0v) is 12.4.